The number of carbonyl (C=O) groups excluding carboxylic acids is 2. The van der Waals surface area contributed by atoms with Gasteiger partial charge in [-0.2, -0.15) is 5.26 Å². The minimum absolute atomic E-state index is 0.130. The molecule has 0 saturated heterocycles. The highest BCUT2D eigenvalue weighted by atomic mass is 16.6. The number of alkyl carbamates (subject to hydrolysis) is 1. The molecule has 6 heteroatoms. The van der Waals surface area contributed by atoms with Gasteiger partial charge in [0.15, 0.2) is 6.23 Å². The molecule has 1 aromatic carbocycles. The van der Waals surface area contributed by atoms with Gasteiger partial charge in [-0.3, -0.25) is 10.1 Å². The molecule has 0 bridgehead atoms. The van der Waals surface area contributed by atoms with Crippen molar-refractivity contribution in [2.24, 2.45) is 0 Å². The van der Waals surface area contributed by atoms with Crippen molar-refractivity contribution in [3.8, 4) is 6.07 Å². The monoisotopic (exact) mass is 262 g/mol. The van der Waals surface area contributed by atoms with Crippen LogP contribution in [0.15, 0.2) is 30.3 Å². The second-order valence-electron chi connectivity index (χ2n) is 3.67. The summed E-state index contributed by atoms with van der Waals surface area (Å²) in [5.74, 6) is -0.696. The van der Waals surface area contributed by atoms with E-state index in [0.717, 1.165) is 5.56 Å². The Balaban J connectivity index is 2.27. The molecule has 1 amide bonds. The van der Waals surface area contributed by atoms with Crippen molar-refractivity contribution >= 4 is 12.1 Å². The van der Waals surface area contributed by atoms with Crippen LogP contribution in [0.4, 0.5) is 4.79 Å². The Labute approximate surface area is 110 Å². The molecule has 1 N–H and O–H groups in total. The predicted octanol–water partition coefficient (Wildman–Crippen LogP) is 1.72. The Hall–Kier alpha value is -2.55. The molecule has 1 aromatic rings. The van der Waals surface area contributed by atoms with Crippen LogP contribution in [0.2, 0.25) is 0 Å². The summed E-state index contributed by atoms with van der Waals surface area (Å²) in [6.07, 6.45) is -1.89. The molecule has 0 fully saturated rings. The lowest BCUT2D eigenvalue weighted by Crippen LogP contribution is -2.36. The van der Waals surface area contributed by atoms with Gasteiger partial charge in [0.2, 0.25) is 0 Å². The van der Waals surface area contributed by atoms with Gasteiger partial charge in [0, 0.05) is 0 Å². The standard InChI is InChI=1S/C13H14N2O4/c1-10(19-12(16)7-8-14)15-13(17)18-9-11-5-3-2-4-6-11/h2-6,10H,7,9H2,1H3,(H,15,17). The molecular weight excluding hydrogens is 248 g/mol. The fraction of sp³-hybridized carbons (Fsp3) is 0.308. The second-order valence-corrected chi connectivity index (χ2v) is 3.67. The number of hydrogen-bond donors (Lipinski definition) is 1. The maximum Gasteiger partial charge on any atom is 0.410 e. The smallest absolute Gasteiger partial charge is 0.410 e. The van der Waals surface area contributed by atoms with Crippen LogP contribution in [-0.4, -0.2) is 18.3 Å². The first-order valence-electron chi connectivity index (χ1n) is 5.65. The number of rotatable bonds is 5. The lowest BCUT2D eigenvalue weighted by atomic mass is 10.2. The summed E-state index contributed by atoms with van der Waals surface area (Å²) in [7, 11) is 0. The van der Waals surface area contributed by atoms with Crippen LogP contribution >= 0.6 is 0 Å². The third-order valence-corrected chi connectivity index (χ3v) is 2.07. The molecule has 1 rings (SSSR count). The van der Waals surface area contributed by atoms with E-state index < -0.39 is 18.3 Å². The van der Waals surface area contributed by atoms with Crippen LogP contribution in [0.3, 0.4) is 0 Å². The maximum absolute atomic E-state index is 11.4. The van der Waals surface area contributed by atoms with Crippen LogP contribution in [0.5, 0.6) is 0 Å². The zero-order chi connectivity index (χ0) is 14.1. The SMILES string of the molecule is CC(NC(=O)OCc1ccccc1)OC(=O)CC#N. The molecule has 1 unspecified atom stereocenters. The molecule has 0 saturated carbocycles. The van der Waals surface area contributed by atoms with E-state index in [4.69, 9.17) is 14.7 Å². The van der Waals surface area contributed by atoms with E-state index in [1.165, 1.54) is 6.92 Å². The first-order valence-corrected chi connectivity index (χ1v) is 5.65. The number of esters is 1. The third-order valence-electron chi connectivity index (χ3n) is 2.07. The van der Waals surface area contributed by atoms with Crippen LogP contribution < -0.4 is 5.32 Å². The summed E-state index contributed by atoms with van der Waals surface area (Å²) in [5, 5.41) is 10.6. The van der Waals surface area contributed by atoms with E-state index in [1.807, 2.05) is 30.3 Å². The molecule has 100 valence electrons. The summed E-state index contributed by atoms with van der Waals surface area (Å²) in [5.41, 5.74) is 0.853. The van der Waals surface area contributed by atoms with Crippen LogP contribution in [-0.2, 0) is 20.9 Å². The van der Waals surface area contributed by atoms with Crippen molar-refractivity contribution in [1.29, 1.82) is 5.26 Å². The average molecular weight is 262 g/mol. The normalized spacial score (nSPS) is 10.9. The first kappa shape index (κ1) is 14.5. The average Bonchev–Trinajstić information content (AvgIpc) is 2.37. The van der Waals surface area contributed by atoms with Crippen molar-refractivity contribution < 1.29 is 19.1 Å². The molecule has 19 heavy (non-hydrogen) atoms. The Morgan fingerprint density at radius 2 is 2.05 bits per heavy atom. The zero-order valence-corrected chi connectivity index (χ0v) is 10.5. The Bertz CT molecular complexity index is 467. The number of nitrogens with zero attached hydrogens (tertiary/aromatic N) is 1. The van der Waals surface area contributed by atoms with Crippen molar-refractivity contribution in [1.82, 2.24) is 5.32 Å². The Morgan fingerprint density at radius 3 is 2.68 bits per heavy atom. The van der Waals surface area contributed by atoms with E-state index in [1.54, 1.807) is 6.07 Å². The maximum atomic E-state index is 11.4. The van der Waals surface area contributed by atoms with Crippen molar-refractivity contribution in [2.75, 3.05) is 0 Å². The number of ether oxygens (including phenoxy) is 2. The van der Waals surface area contributed by atoms with Gasteiger partial charge in [-0.15, -0.1) is 0 Å². The van der Waals surface area contributed by atoms with Gasteiger partial charge < -0.3 is 9.47 Å². The predicted molar refractivity (Wildman–Crippen MR) is 65.5 cm³/mol. The van der Waals surface area contributed by atoms with E-state index in [-0.39, 0.29) is 13.0 Å². The molecule has 0 spiro atoms. The lowest BCUT2D eigenvalue weighted by molar-refractivity contribution is -0.148. The van der Waals surface area contributed by atoms with Crippen molar-refractivity contribution in [3.05, 3.63) is 35.9 Å². The molecular formula is C13H14N2O4. The Kier molecular flexibility index (Phi) is 5.89. The molecule has 0 heterocycles. The molecule has 0 aliphatic heterocycles. The van der Waals surface area contributed by atoms with Crippen LogP contribution in [0.1, 0.15) is 18.9 Å². The number of carbonyl (C=O) groups is 2. The van der Waals surface area contributed by atoms with Gasteiger partial charge in [-0.25, -0.2) is 4.79 Å². The fourth-order valence-corrected chi connectivity index (χ4v) is 1.26. The van der Waals surface area contributed by atoms with Gasteiger partial charge in [-0.1, -0.05) is 30.3 Å². The molecule has 6 nitrogen and oxygen atoms in total. The number of benzene rings is 1. The van der Waals surface area contributed by atoms with Gasteiger partial charge in [0.05, 0.1) is 6.07 Å². The molecule has 1 atom stereocenters. The van der Waals surface area contributed by atoms with Crippen molar-refractivity contribution in [2.45, 2.75) is 26.2 Å². The van der Waals surface area contributed by atoms with Crippen molar-refractivity contribution in [3.63, 3.8) is 0 Å². The second kappa shape index (κ2) is 7.71. The summed E-state index contributed by atoms with van der Waals surface area (Å²) < 4.78 is 9.67. The lowest BCUT2D eigenvalue weighted by Gasteiger charge is -2.14. The highest BCUT2D eigenvalue weighted by Crippen LogP contribution is 2.01. The highest BCUT2D eigenvalue weighted by molar-refractivity contribution is 5.72. The summed E-state index contributed by atoms with van der Waals surface area (Å²) in [6, 6.07) is 10.8. The van der Waals surface area contributed by atoms with Crippen LogP contribution in [0, 0.1) is 11.3 Å². The largest absolute Gasteiger partial charge is 0.445 e. The first-order chi connectivity index (χ1) is 9.11. The van der Waals surface area contributed by atoms with Gasteiger partial charge in [0.25, 0.3) is 0 Å². The van der Waals surface area contributed by atoms with E-state index in [0.29, 0.717) is 0 Å². The number of hydrogen-bond acceptors (Lipinski definition) is 5. The van der Waals surface area contributed by atoms with E-state index in [2.05, 4.69) is 5.32 Å². The van der Waals surface area contributed by atoms with Gasteiger partial charge in [0.1, 0.15) is 13.0 Å². The summed E-state index contributed by atoms with van der Waals surface area (Å²) >= 11 is 0. The Morgan fingerprint density at radius 1 is 1.37 bits per heavy atom. The van der Waals surface area contributed by atoms with E-state index >= 15 is 0 Å². The highest BCUT2D eigenvalue weighted by Gasteiger charge is 2.12. The van der Waals surface area contributed by atoms with Gasteiger partial charge >= 0.3 is 12.1 Å². The topological polar surface area (TPSA) is 88.4 Å². The zero-order valence-electron chi connectivity index (χ0n) is 10.5. The number of nitriles is 1. The fourth-order valence-electron chi connectivity index (χ4n) is 1.26. The van der Waals surface area contributed by atoms with Crippen LogP contribution in [0.25, 0.3) is 0 Å². The third kappa shape index (κ3) is 6.07. The molecule has 0 aromatic heterocycles. The number of nitrogens with one attached hydrogen (secondary N) is 1. The summed E-state index contributed by atoms with van der Waals surface area (Å²) in [4.78, 5) is 22.4. The quantitative estimate of drug-likeness (QED) is 0.644. The minimum atomic E-state index is -0.843. The van der Waals surface area contributed by atoms with E-state index in [9.17, 15) is 9.59 Å². The molecule has 0 aliphatic rings. The molecule has 0 aliphatic carbocycles. The molecule has 0 radical (unpaired) electrons. The van der Waals surface area contributed by atoms with Gasteiger partial charge in [-0.05, 0) is 12.5 Å². The summed E-state index contributed by atoms with van der Waals surface area (Å²) in [6.45, 7) is 1.60. The number of amides is 1. The minimum Gasteiger partial charge on any atom is -0.445 e.